The third-order valence-corrected chi connectivity index (χ3v) is 3.20. The van der Waals surface area contributed by atoms with Crippen LogP contribution in [0.1, 0.15) is 10.4 Å². The number of nitrogens with zero attached hydrogens (tertiary/aromatic N) is 1. The minimum Gasteiger partial charge on any atom is -0.484 e. The lowest BCUT2D eigenvalue weighted by Crippen LogP contribution is -2.49. The maximum atomic E-state index is 11.8. The summed E-state index contributed by atoms with van der Waals surface area (Å²) in [6.07, 6.45) is 0. The number of nitrogens with one attached hydrogen (secondary N) is 3. The number of non-ortho nitro benzene ring substituents is 1. The van der Waals surface area contributed by atoms with Gasteiger partial charge in [0, 0.05) is 17.7 Å². The second kappa shape index (κ2) is 9.08. The van der Waals surface area contributed by atoms with Crippen LogP contribution >= 0.6 is 12.2 Å². The van der Waals surface area contributed by atoms with Crippen molar-refractivity contribution in [3.05, 3.63) is 70.3 Å². The Morgan fingerprint density at radius 3 is 2.31 bits per heavy atom. The molecule has 134 valence electrons. The van der Waals surface area contributed by atoms with Crippen LogP contribution in [0.2, 0.25) is 0 Å². The molecule has 0 heterocycles. The van der Waals surface area contributed by atoms with Gasteiger partial charge in [-0.05, 0) is 36.5 Å². The van der Waals surface area contributed by atoms with Crippen molar-refractivity contribution in [2.45, 2.75) is 0 Å². The van der Waals surface area contributed by atoms with Crippen LogP contribution in [-0.4, -0.2) is 28.5 Å². The minimum atomic E-state index is -0.560. The van der Waals surface area contributed by atoms with E-state index < -0.39 is 16.7 Å². The average molecular weight is 374 g/mol. The Balaban J connectivity index is 1.72. The molecule has 2 aromatic carbocycles. The number of carbonyl (C=O) groups excluding carboxylic acids is 2. The number of hydrogen-bond donors (Lipinski definition) is 3. The summed E-state index contributed by atoms with van der Waals surface area (Å²) in [7, 11) is 0. The Kier molecular flexibility index (Phi) is 6.57. The zero-order valence-electron chi connectivity index (χ0n) is 13.3. The van der Waals surface area contributed by atoms with E-state index in [-0.39, 0.29) is 17.4 Å². The molecule has 26 heavy (non-hydrogen) atoms. The van der Waals surface area contributed by atoms with Crippen molar-refractivity contribution in [1.29, 1.82) is 0 Å². The van der Waals surface area contributed by atoms with Crippen molar-refractivity contribution in [3.8, 4) is 5.75 Å². The molecule has 0 unspecified atom stereocenters. The highest BCUT2D eigenvalue weighted by molar-refractivity contribution is 7.80. The van der Waals surface area contributed by atoms with Crippen LogP contribution in [0.5, 0.6) is 5.75 Å². The fourth-order valence-corrected chi connectivity index (χ4v) is 1.95. The summed E-state index contributed by atoms with van der Waals surface area (Å²) in [5, 5.41) is 12.8. The number of rotatable bonds is 5. The molecular formula is C16H14N4O5S. The van der Waals surface area contributed by atoms with Gasteiger partial charge in [0.05, 0.1) is 4.92 Å². The molecule has 0 bridgehead atoms. The topological polar surface area (TPSA) is 123 Å². The fraction of sp³-hybridized carbons (Fsp3) is 0.0625. The van der Waals surface area contributed by atoms with Gasteiger partial charge in [-0.15, -0.1) is 0 Å². The predicted molar refractivity (Wildman–Crippen MR) is 96.4 cm³/mol. The Bertz CT molecular complexity index is 811. The molecule has 0 aliphatic rings. The predicted octanol–water partition coefficient (Wildman–Crippen LogP) is 1.31. The first-order valence-electron chi connectivity index (χ1n) is 7.28. The van der Waals surface area contributed by atoms with Crippen LogP contribution in [-0.2, 0) is 4.79 Å². The van der Waals surface area contributed by atoms with E-state index in [0.29, 0.717) is 11.3 Å². The van der Waals surface area contributed by atoms with E-state index in [4.69, 9.17) is 17.0 Å². The summed E-state index contributed by atoms with van der Waals surface area (Å²) in [5.74, 6) is -0.679. The largest absolute Gasteiger partial charge is 0.484 e. The number of ether oxygens (including phenoxy) is 1. The number of hydrazine groups is 1. The normalized spacial score (nSPS) is 9.69. The third kappa shape index (κ3) is 5.83. The molecule has 2 rings (SSSR count). The summed E-state index contributed by atoms with van der Waals surface area (Å²) in [5.41, 5.74) is 5.09. The van der Waals surface area contributed by atoms with Gasteiger partial charge in [-0.1, -0.05) is 18.2 Å². The van der Waals surface area contributed by atoms with E-state index >= 15 is 0 Å². The lowest BCUT2D eigenvalue weighted by Gasteiger charge is -2.11. The lowest BCUT2D eigenvalue weighted by molar-refractivity contribution is -0.384. The first-order valence-corrected chi connectivity index (χ1v) is 7.69. The second-order valence-corrected chi connectivity index (χ2v) is 5.27. The number of amides is 2. The maximum Gasteiger partial charge on any atom is 0.269 e. The molecule has 0 aliphatic carbocycles. The molecule has 2 aromatic rings. The Morgan fingerprint density at radius 1 is 1.04 bits per heavy atom. The molecule has 9 nitrogen and oxygen atoms in total. The smallest absolute Gasteiger partial charge is 0.269 e. The molecule has 3 N–H and O–H groups in total. The highest BCUT2D eigenvalue weighted by Crippen LogP contribution is 2.16. The van der Waals surface area contributed by atoms with Gasteiger partial charge in [0.25, 0.3) is 17.5 Å². The Labute approximate surface area is 153 Å². The SMILES string of the molecule is O=C(COc1ccc([N+](=O)[O-])cc1)NC(=S)NNC(=O)c1ccccc1. The van der Waals surface area contributed by atoms with Gasteiger partial charge in [0.1, 0.15) is 5.75 Å². The van der Waals surface area contributed by atoms with Crippen LogP contribution in [0.25, 0.3) is 0 Å². The molecule has 10 heteroatoms. The zero-order valence-corrected chi connectivity index (χ0v) is 14.1. The van der Waals surface area contributed by atoms with Crippen LogP contribution in [0.15, 0.2) is 54.6 Å². The van der Waals surface area contributed by atoms with Crippen molar-refractivity contribution in [3.63, 3.8) is 0 Å². The van der Waals surface area contributed by atoms with Crippen molar-refractivity contribution < 1.29 is 19.2 Å². The number of benzene rings is 2. The standard InChI is InChI=1S/C16H14N4O5S/c21-14(10-25-13-8-6-12(7-9-13)20(23)24)17-16(26)19-18-15(22)11-4-2-1-3-5-11/h1-9H,10H2,(H,18,22)(H2,17,19,21,26). The maximum absolute atomic E-state index is 11.8. The fourth-order valence-electron chi connectivity index (χ4n) is 1.78. The van der Waals surface area contributed by atoms with Gasteiger partial charge < -0.3 is 4.74 Å². The number of nitro benzene ring substituents is 1. The first kappa shape index (κ1) is 18.8. The molecule has 0 fully saturated rings. The van der Waals surface area contributed by atoms with Crippen LogP contribution < -0.4 is 20.9 Å². The van der Waals surface area contributed by atoms with E-state index in [0.717, 1.165) is 0 Å². The molecule has 0 aliphatic heterocycles. The number of thiocarbonyl (C=S) groups is 1. The summed E-state index contributed by atoms with van der Waals surface area (Å²) >= 11 is 4.89. The molecule has 0 spiro atoms. The first-order chi connectivity index (χ1) is 12.5. The third-order valence-electron chi connectivity index (χ3n) is 3.00. The second-order valence-electron chi connectivity index (χ2n) is 4.86. The van der Waals surface area contributed by atoms with Gasteiger partial charge in [-0.25, -0.2) is 0 Å². The average Bonchev–Trinajstić information content (AvgIpc) is 2.65. The Morgan fingerprint density at radius 2 is 1.69 bits per heavy atom. The van der Waals surface area contributed by atoms with Gasteiger partial charge in [0.15, 0.2) is 11.7 Å². The van der Waals surface area contributed by atoms with Crippen LogP contribution in [0, 0.1) is 10.1 Å². The molecule has 0 saturated carbocycles. The highest BCUT2D eigenvalue weighted by atomic mass is 32.1. The molecular weight excluding hydrogens is 360 g/mol. The van der Waals surface area contributed by atoms with E-state index in [1.165, 1.54) is 24.3 Å². The van der Waals surface area contributed by atoms with Gasteiger partial charge >= 0.3 is 0 Å². The molecule has 0 atom stereocenters. The van der Waals surface area contributed by atoms with E-state index in [2.05, 4.69) is 16.2 Å². The number of nitro groups is 1. The summed E-state index contributed by atoms with van der Waals surface area (Å²) in [6, 6.07) is 13.7. The van der Waals surface area contributed by atoms with Gasteiger partial charge in [-0.2, -0.15) is 0 Å². The quantitative estimate of drug-likeness (QED) is 0.410. The molecule has 2 amide bonds. The summed E-state index contributed by atoms with van der Waals surface area (Å²) in [4.78, 5) is 33.5. The molecule has 0 aromatic heterocycles. The lowest BCUT2D eigenvalue weighted by atomic mass is 10.2. The van der Waals surface area contributed by atoms with Crippen LogP contribution in [0.4, 0.5) is 5.69 Å². The summed E-state index contributed by atoms with van der Waals surface area (Å²) in [6.45, 7) is -0.355. The number of carbonyl (C=O) groups is 2. The zero-order chi connectivity index (χ0) is 18.9. The van der Waals surface area contributed by atoms with E-state index in [1.807, 2.05) is 0 Å². The van der Waals surface area contributed by atoms with Crippen molar-refractivity contribution in [2.75, 3.05) is 6.61 Å². The highest BCUT2D eigenvalue weighted by Gasteiger charge is 2.09. The van der Waals surface area contributed by atoms with E-state index in [1.54, 1.807) is 30.3 Å². The van der Waals surface area contributed by atoms with E-state index in [9.17, 15) is 19.7 Å². The number of hydrogen-bond acceptors (Lipinski definition) is 6. The molecule has 0 saturated heterocycles. The van der Waals surface area contributed by atoms with Crippen molar-refractivity contribution >= 4 is 34.8 Å². The summed E-state index contributed by atoms with van der Waals surface area (Å²) < 4.78 is 5.19. The van der Waals surface area contributed by atoms with Crippen LogP contribution in [0.3, 0.4) is 0 Å². The Hall–Kier alpha value is -3.53. The van der Waals surface area contributed by atoms with Gasteiger partial charge in [0.2, 0.25) is 0 Å². The van der Waals surface area contributed by atoms with Crippen molar-refractivity contribution in [1.82, 2.24) is 16.2 Å². The molecule has 0 radical (unpaired) electrons. The minimum absolute atomic E-state index is 0.0821. The van der Waals surface area contributed by atoms with Gasteiger partial charge in [-0.3, -0.25) is 35.9 Å². The monoisotopic (exact) mass is 374 g/mol. The van der Waals surface area contributed by atoms with Crippen molar-refractivity contribution in [2.24, 2.45) is 0 Å².